The van der Waals surface area contributed by atoms with Crippen molar-refractivity contribution in [3.8, 4) is 11.5 Å². The summed E-state index contributed by atoms with van der Waals surface area (Å²) in [7, 11) is 0. The number of hydrogen-bond donors (Lipinski definition) is 1. The highest BCUT2D eigenvalue weighted by Crippen LogP contribution is 2.43. The molecule has 2 heterocycles. The molecule has 7 heteroatoms. The highest BCUT2D eigenvalue weighted by atomic mass is 16.5. The van der Waals surface area contributed by atoms with Crippen LogP contribution in [0.3, 0.4) is 0 Å². The molecule has 176 valence electrons. The molecule has 2 aromatic carbocycles. The van der Waals surface area contributed by atoms with Crippen LogP contribution in [0, 0.1) is 6.92 Å². The van der Waals surface area contributed by atoms with E-state index < -0.39 is 17.7 Å². The molecule has 1 aliphatic rings. The monoisotopic (exact) mass is 461 g/mol. The fourth-order valence-corrected chi connectivity index (χ4v) is 3.98. The third kappa shape index (κ3) is 4.41. The molecule has 1 N–H and O–H groups in total. The Bertz CT molecular complexity index is 1240. The number of benzene rings is 2. The number of aliphatic hydroxyl groups excluding tert-OH is 1. The summed E-state index contributed by atoms with van der Waals surface area (Å²) < 4.78 is 17.0. The third-order valence-corrected chi connectivity index (χ3v) is 5.38. The minimum atomic E-state index is -0.929. The predicted molar refractivity (Wildman–Crippen MR) is 128 cm³/mol. The lowest BCUT2D eigenvalue weighted by molar-refractivity contribution is -0.132. The van der Waals surface area contributed by atoms with E-state index in [1.807, 2.05) is 20.8 Å². The second kappa shape index (κ2) is 9.47. The summed E-state index contributed by atoms with van der Waals surface area (Å²) in [5.41, 5.74) is 0.812. The lowest BCUT2D eigenvalue weighted by Crippen LogP contribution is -2.29. The summed E-state index contributed by atoms with van der Waals surface area (Å²) in [4.78, 5) is 27.8. The zero-order chi connectivity index (χ0) is 24.4. The highest BCUT2D eigenvalue weighted by Gasteiger charge is 2.48. The van der Waals surface area contributed by atoms with Gasteiger partial charge in [0, 0.05) is 11.3 Å². The molecule has 1 saturated heterocycles. The first-order chi connectivity index (χ1) is 16.3. The van der Waals surface area contributed by atoms with Gasteiger partial charge in [-0.3, -0.25) is 14.5 Å². The van der Waals surface area contributed by atoms with E-state index in [0.29, 0.717) is 40.9 Å². The zero-order valence-electron chi connectivity index (χ0n) is 19.6. The number of furan rings is 1. The van der Waals surface area contributed by atoms with Crippen molar-refractivity contribution in [1.82, 2.24) is 0 Å². The van der Waals surface area contributed by atoms with Gasteiger partial charge >= 0.3 is 0 Å². The van der Waals surface area contributed by atoms with Crippen LogP contribution in [-0.2, 0) is 9.59 Å². The Morgan fingerprint density at radius 2 is 1.79 bits per heavy atom. The van der Waals surface area contributed by atoms with Crippen LogP contribution in [0.2, 0.25) is 0 Å². The Kier molecular flexibility index (Phi) is 6.45. The van der Waals surface area contributed by atoms with Crippen molar-refractivity contribution in [2.24, 2.45) is 0 Å². The van der Waals surface area contributed by atoms with Gasteiger partial charge in [0.1, 0.15) is 34.8 Å². The van der Waals surface area contributed by atoms with Crippen LogP contribution in [0.25, 0.3) is 5.76 Å². The maximum Gasteiger partial charge on any atom is 0.300 e. The molecule has 1 aromatic heterocycles. The third-order valence-electron chi connectivity index (χ3n) is 5.38. The largest absolute Gasteiger partial charge is 0.507 e. The summed E-state index contributed by atoms with van der Waals surface area (Å²) >= 11 is 0. The Balaban J connectivity index is 1.84. The Morgan fingerprint density at radius 1 is 1.06 bits per heavy atom. The first-order valence-corrected chi connectivity index (χ1v) is 11.2. The predicted octanol–water partition coefficient (Wildman–Crippen LogP) is 5.40. The summed E-state index contributed by atoms with van der Waals surface area (Å²) in [6.07, 6.45) is -0.0614. The van der Waals surface area contributed by atoms with Crippen molar-refractivity contribution in [1.29, 1.82) is 0 Å². The van der Waals surface area contributed by atoms with Gasteiger partial charge in [0.15, 0.2) is 0 Å². The Hall–Kier alpha value is -4.00. The van der Waals surface area contributed by atoms with E-state index in [9.17, 15) is 14.7 Å². The summed E-state index contributed by atoms with van der Waals surface area (Å²) in [5.74, 6) is 0.363. The van der Waals surface area contributed by atoms with Crippen molar-refractivity contribution >= 4 is 23.1 Å². The van der Waals surface area contributed by atoms with E-state index in [1.54, 1.807) is 67.6 Å². The first-order valence-electron chi connectivity index (χ1n) is 11.2. The quantitative estimate of drug-likeness (QED) is 0.288. The average Bonchev–Trinajstić information content (AvgIpc) is 3.35. The first kappa shape index (κ1) is 23.2. The van der Waals surface area contributed by atoms with Crippen LogP contribution in [0.15, 0.2) is 70.7 Å². The van der Waals surface area contributed by atoms with Crippen molar-refractivity contribution in [2.75, 3.05) is 11.5 Å². The topological polar surface area (TPSA) is 89.2 Å². The molecular weight excluding hydrogens is 434 g/mol. The highest BCUT2D eigenvalue weighted by molar-refractivity contribution is 6.51. The van der Waals surface area contributed by atoms with Crippen LogP contribution >= 0.6 is 0 Å². The molecule has 4 rings (SSSR count). The molecule has 0 aliphatic carbocycles. The number of carbonyl (C=O) groups excluding carboxylic acids is 2. The number of ether oxygens (including phenoxy) is 2. The SMILES string of the molecule is CCOc1ccc(N2C(=O)C(=O)/C(=C(\O)c3cccc(OC(C)C)c3)C2c2ccc(C)o2)cc1. The molecule has 34 heavy (non-hydrogen) atoms. The van der Waals surface area contributed by atoms with Gasteiger partial charge in [0.2, 0.25) is 0 Å². The van der Waals surface area contributed by atoms with Crippen LogP contribution < -0.4 is 14.4 Å². The van der Waals surface area contributed by atoms with Crippen LogP contribution in [-0.4, -0.2) is 29.5 Å². The van der Waals surface area contributed by atoms with Gasteiger partial charge in [-0.25, -0.2) is 0 Å². The van der Waals surface area contributed by atoms with Crippen molar-refractivity contribution in [3.63, 3.8) is 0 Å². The van der Waals surface area contributed by atoms with Gasteiger partial charge in [0.05, 0.1) is 18.3 Å². The summed E-state index contributed by atoms with van der Waals surface area (Å²) in [5, 5.41) is 11.2. The molecule has 0 spiro atoms. The molecule has 1 aliphatic heterocycles. The molecule has 7 nitrogen and oxygen atoms in total. The number of hydrogen-bond acceptors (Lipinski definition) is 6. The fraction of sp³-hybridized carbons (Fsp3) is 0.259. The van der Waals surface area contributed by atoms with Gasteiger partial charge in [-0.15, -0.1) is 0 Å². The average molecular weight is 462 g/mol. The standard InChI is InChI=1S/C27H27NO6/c1-5-32-20-12-10-19(11-13-20)28-24(22-14-9-17(4)34-22)23(26(30)27(28)31)25(29)18-7-6-8-21(15-18)33-16(2)3/h6-16,24,29H,5H2,1-4H3/b25-23-. The van der Waals surface area contributed by atoms with E-state index in [2.05, 4.69) is 0 Å². The number of Topliss-reactive ketones (excluding diaryl/α,β-unsaturated/α-hetero) is 1. The molecule has 0 radical (unpaired) electrons. The second-order valence-electron chi connectivity index (χ2n) is 8.24. The normalized spacial score (nSPS) is 17.4. The molecule has 1 unspecified atom stereocenters. The van der Waals surface area contributed by atoms with Crippen LogP contribution in [0.1, 0.15) is 43.9 Å². The van der Waals surface area contributed by atoms with Gasteiger partial charge in [-0.05, 0) is 76.2 Å². The number of carbonyl (C=O) groups is 2. The Labute approximate surface area is 198 Å². The minimum absolute atomic E-state index is 0.0464. The summed E-state index contributed by atoms with van der Waals surface area (Å²) in [6.45, 7) is 7.96. The molecule has 1 atom stereocenters. The van der Waals surface area contributed by atoms with Crippen LogP contribution in [0.4, 0.5) is 5.69 Å². The maximum atomic E-state index is 13.2. The van der Waals surface area contributed by atoms with E-state index in [-0.39, 0.29) is 17.4 Å². The molecule has 3 aromatic rings. The molecule has 0 saturated carbocycles. The molecule has 0 bridgehead atoms. The van der Waals surface area contributed by atoms with Gasteiger partial charge in [-0.1, -0.05) is 12.1 Å². The fourth-order valence-electron chi connectivity index (χ4n) is 3.98. The van der Waals surface area contributed by atoms with Crippen molar-refractivity contribution in [2.45, 2.75) is 39.8 Å². The maximum absolute atomic E-state index is 13.2. The van der Waals surface area contributed by atoms with Crippen LogP contribution in [0.5, 0.6) is 11.5 Å². The number of rotatable bonds is 7. The zero-order valence-corrected chi connectivity index (χ0v) is 19.6. The van der Waals surface area contributed by atoms with E-state index in [4.69, 9.17) is 13.9 Å². The minimum Gasteiger partial charge on any atom is -0.507 e. The van der Waals surface area contributed by atoms with Gasteiger partial charge in [-0.2, -0.15) is 0 Å². The number of aryl methyl sites for hydroxylation is 1. The molecule has 1 amide bonds. The lowest BCUT2D eigenvalue weighted by Gasteiger charge is -2.23. The summed E-state index contributed by atoms with van der Waals surface area (Å²) in [6, 6.07) is 16.2. The van der Waals surface area contributed by atoms with Gasteiger partial charge in [0.25, 0.3) is 11.7 Å². The number of aliphatic hydroxyl groups is 1. The van der Waals surface area contributed by atoms with Crippen molar-refractivity contribution < 1.29 is 28.6 Å². The number of amides is 1. The number of nitrogens with zero attached hydrogens (tertiary/aromatic N) is 1. The second-order valence-corrected chi connectivity index (χ2v) is 8.24. The lowest BCUT2D eigenvalue weighted by atomic mass is 9.99. The number of anilines is 1. The molecule has 1 fully saturated rings. The Morgan fingerprint density at radius 3 is 2.41 bits per heavy atom. The molecular formula is C27H27NO6. The van der Waals surface area contributed by atoms with E-state index >= 15 is 0 Å². The van der Waals surface area contributed by atoms with E-state index in [1.165, 1.54) is 4.90 Å². The van der Waals surface area contributed by atoms with Crippen molar-refractivity contribution in [3.05, 3.63) is 83.3 Å². The number of ketones is 1. The smallest absolute Gasteiger partial charge is 0.300 e. The van der Waals surface area contributed by atoms with Gasteiger partial charge < -0.3 is 19.0 Å². The van der Waals surface area contributed by atoms with E-state index in [0.717, 1.165) is 0 Å².